The first-order valence-electron chi connectivity index (χ1n) is 15.6. The van der Waals surface area contributed by atoms with Gasteiger partial charge < -0.3 is 6.16 Å². The van der Waals surface area contributed by atoms with Crippen molar-refractivity contribution in [3.63, 3.8) is 0 Å². The van der Waals surface area contributed by atoms with Crippen LogP contribution in [0.1, 0.15) is 182 Å². The van der Waals surface area contributed by atoms with Crippen molar-refractivity contribution in [3.05, 3.63) is 12.2 Å². The molecule has 0 heterocycles. The summed E-state index contributed by atoms with van der Waals surface area (Å²) in [5.74, 6) is 0. The molecular weight excluding hydrogens is 423 g/mol. The standard InChI is InChI=1S/C32H64O.Na.H/c1-3-5-7-9-11-13-15-17-18-19-20-22-24-26-28-30-32-33-31-29-27-25-23-21-16-14-12-10-8-6-4-2;;/h17-18H,3-16,19-32H2,1-2H3;;/q;+1;-1/b18-17-;;. The fraction of sp³-hybridized carbons (Fsp3) is 0.938. The Balaban J connectivity index is -0.00000512. The topological polar surface area (TPSA) is 9.23 Å². The number of unbranched alkanes of at least 4 members (excludes halogenated alkanes) is 23. The number of rotatable bonds is 29. The molecular formula is C32H65NaO. The van der Waals surface area contributed by atoms with E-state index < -0.39 is 0 Å². The summed E-state index contributed by atoms with van der Waals surface area (Å²) in [6.45, 7) is 6.56. The average molecular weight is 489 g/mol. The first kappa shape index (κ1) is 36.9. The van der Waals surface area contributed by atoms with Crippen molar-refractivity contribution in [2.75, 3.05) is 13.2 Å². The summed E-state index contributed by atoms with van der Waals surface area (Å²) >= 11 is 0. The molecule has 0 spiro atoms. The molecule has 0 aliphatic carbocycles. The van der Waals surface area contributed by atoms with E-state index in [2.05, 4.69) is 26.0 Å². The van der Waals surface area contributed by atoms with Crippen LogP contribution in [0.3, 0.4) is 0 Å². The van der Waals surface area contributed by atoms with Gasteiger partial charge in [0.15, 0.2) is 0 Å². The van der Waals surface area contributed by atoms with Crippen molar-refractivity contribution in [2.24, 2.45) is 0 Å². The van der Waals surface area contributed by atoms with Crippen LogP contribution >= 0.6 is 0 Å². The summed E-state index contributed by atoms with van der Waals surface area (Å²) in [6, 6.07) is 0. The van der Waals surface area contributed by atoms with Gasteiger partial charge in [-0.3, -0.25) is 0 Å². The fourth-order valence-corrected chi connectivity index (χ4v) is 4.60. The molecule has 200 valence electrons. The summed E-state index contributed by atoms with van der Waals surface area (Å²) in [5.41, 5.74) is 0. The first-order chi connectivity index (χ1) is 16.4. The maximum absolute atomic E-state index is 5.84. The molecule has 0 aliphatic heterocycles. The first-order valence-corrected chi connectivity index (χ1v) is 15.6. The van der Waals surface area contributed by atoms with Gasteiger partial charge in [0.25, 0.3) is 0 Å². The van der Waals surface area contributed by atoms with E-state index in [0.29, 0.717) is 0 Å². The number of allylic oxidation sites excluding steroid dienone is 2. The van der Waals surface area contributed by atoms with E-state index in [4.69, 9.17) is 4.74 Å². The predicted octanol–water partition coefficient (Wildman–Crippen LogP) is 8.86. The summed E-state index contributed by atoms with van der Waals surface area (Å²) in [4.78, 5) is 0. The molecule has 0 atom stereocenters. The molecule has 0 aliphatic rings. The van der Waals surface area contributed by atoms with Gasteiger partial charge in [-0.1, -0.05) is 154 Å². The largest absolute Gasteiger partial charge is 1.00 e. The number of hydrogen-bond acceptors (Lipinski definition) is 1. The molecule has 0 saturated carbocycles. The fourth-order valence-electron chi connectivity index (χ4n) is 4.60. The van der Waals surface area contributed by atoms with Crippen molar-refractivity contribution in [1.29, 1.82) is 0 Å². The minimum atomic E-state index is 0. The van der Waals surface area contributed by atoms with E-state index in [-0.39, 0.29) is 31.0 Å². The zero-order valence-electron chi connectivity index (χ0n) is 25.4. The van der Waals surface area contributed by atoms with Crippen molar-refractivity contribution in [3.8, 4) is 0 Å². The molecule has 0 aromatic heterocycles. The summed E-state index contributed by atoms with van der Waals surface area (Å²) in [6.07, 6.45) is 41.1. The van der Waals surface area contributed by atoms with E-state index in [9.17, 15) is 0 Å². The summed E-state index contributed by atoms with van der Waals surface area (Å²) in [7, 11) is 0. The molecule has 0 amide bonds. The van der Waals surface area contributed by atoms with Crippen LogP contribution in [-0.4, -0.2) is 13.2 Å². The van der Waals surface area contributed by atoms with Crippen LogP contribution in [0.2, 0.25) is 0 Å². The molecule has 0 fully saturated rings. The molecule has 0 unspecified atom stereocenters. The number of hydrogen-bond donors (Lipinski definition) is 0. The third-order valence-electron chi connectivity index (χ3n) is 6.94. The quantitative estimate of drug-likeness (QED) is 0.0580. The van der Waals surface area contributed by atoms with E-state index >= 15 is 0 Å². The monoisotopic (exact) mass is 488 g/mol. The Morgan fingerprint density at radius 1 is 0.382 bits per heavy atom. The molecule has 0 aromatic rings. The van der Waals surface area contributed by atoms with Crippen molar-refractivity contribution in [2.45, 2.75) is 181 Å². The van der Waals surface area contributed by atoms with Gasteiger partial charge in [0.05, 0.1) is 0 Å². The number of ether oxygens (including phenoxy) is 1. The van der Waals surface area contributed by atoms with Crippen LogP contribution in [0.4, 0.5) is 0 Å². The zero-order valence-corrected chi connectivity index (χ0v) is 26.4. The Hall–Kier alpha value is 0.700. The summed E-state index contributed by atoms with van der Waals surface area (Å²) < 4.78 is 5.84. The van der Waals surface area contributed by atoms with Crippen LogP contribution < -0.4 is 29.6 Å². The SMILES string of the molecule is CCCCCCCC/C=C\CCCCCCCCOCCCCCCCCCCCCCC.[H-].[Na+]. The van der Waals surface area contributed by atoms with Crippen molar-refractivity contribution < 1.29 is 35.7 Å². The Labute approximate surface area is 240 Å². The second kappa shape index (κ2) is 35.9. The van der Waals surface area contributed by atoms with Crippen LogP contribution in [0.5, 0.6) is 0 Å². The summed E-state index contributed by atoms with van der Waals surface area (Å²) in [5, 5.41) is 0. The maximum Gasteiger partial charge on any atom is 1.00 e. The molecule has 0 radical (unpaired) electrons. The van der Waals surface area contributed by atoms with E-state index in [1.54, 1.807) is 0 Å². The molecule has 0 saturated heterocycles. The Morgan fingerprint density at radius 2 is 0.647 bits per heavy atom. The second-order valence-electron chi connectivity index (χ2n) is 10.4. The van der Waals surface area contributed by atoms with E-state index in [0.717, 1.165) is 13.2 Å². The van der Waals surface area contributed by atoms with Gasteiger partial charge in [-0.2, -0.15) is 0 Å². The Kier molecular flexibility index (Phi) is 38.9. The molecule has 1 nitrogen and oxygen atoms in total. The average Bonchev–Trinajstić information content (AvgIpc) is 2.83. The van der Waals surface area contributed by atoms with Crippen LogP contribution in [-0.2, 0) is 4.74 Å². The third kappa shape index (κ3) is 34.9. The van der Waals surface area contributed by atoms with Gasteiger partial charge in [-0.05, 0) is 38.5 Å². The molecule has 34 heavy (non-hydrogen) atoms. The van der Waals surface area contributed by atoms with Crippen LogP contribution in [0.15, 0.2) is 12.2 Å². The normalized spacial score (nSPS) is 11.4. The van der Waals surface area contributed by atoms with Crippen LogP contribution in [0.25, 0.3) is 0 Å². The van der Waals surface area contributed by atoms with Gasteiger partial charge in [0.2, 0.25) is 0 Å². The van der Waals surface area contributed by atoms with Gasteiger partial charge in [0.1, 0.15) is 0 Å². The zero-order chi connectivity index (χ0) is 23.9. The third-order valence-corrected chi connectivity index (χ3v) is 6.94. The molecule has 0 aromatic carbocycles. The molecule has 0 rings (SSSR count). The van der Waals surface area contributed by atoms with Gasteiger partial charge in [-0.25, -0.2) is 0 Å². The van der Waals surface area contributed by atoms with Gasteiger partial charge >= 0.3 is 29.6 Å². The van der Waals surface area contributed by atoms with Gasteiger partial charge in [-0.15, -0.1) is 0 Å². The minimum Gasteiger partial charge on any atom is -1.00 e. The van der Waals surface area contributed by atoms with Crippen molar-refractivity contribution >= 4 is 0 Å². The van der Waals surface area contributed by atoms with Crippen LogP contribution in [0, 0.1) is 0 Å². The maximum atomic E-state index is 5.84. The van der Waals surface area contributed by atoms with E-state index in [1.165, 1.54) is 167 Å². The second-order valence-corrected chi connectivity index (χ2v) is 10.4. The van der Waals surface area contributed by atoms with E-state index in [1.807, 2.05) is 0 Å². The molecule has 2 heteroatoms. The van der Waals surface area contributed by atoms with Gasteiger partial charge in [0, 0.05) is 13.2 Å². The predicted molar refractivity (Wildman–Crippen MR) is 152 cm³/mol. The smallest absolute Gasteiger partial charge is 1.00 e. The minimum absolute atomic E-state index is 0. The van der Waals surface area contributed by atoms with Crippen molar-refractivity contribution in [1.82, 2.24) is 0 Å². The Morgan fingerprint density at radius 3 is 0.971 bits per heavy atom. The molecule has 0 N–H and O–H groups in total. The molecule has 0 bridgehead atoms. The Bertz CT molecular complexity index is 361.